The van der Waals surface area contributed by atoms with Crippen LogP contribution in [0.2, 0.25) is 0 Å². The average Bonchev–Trinajstić information content (AvgIpc) is 2.37. The molecule has 1 aromatic rings. The van der Waals surface area contributed by atoms with Gasteiger partial charge in [-0.25, -0.2) is 0 Å². The molecule has 0 aliphatic carbocycles. The van der Waals surface area contributed by atoms with Crippen LogP contribution in [0.25, 0.3) is 0 Å². The van der Waals surface area contributed by atoms with Crippen LogP contribution < -0.4 is 10.1 Å². The number of hydrogen-bond acceptors (Lipinski definition) is 3. The second kappa shape index (κ2) is 7.53. The summed E-state index contributed by atoms with van der Waals surface area (Å²) < 4.78 is 5.51. The summed E-state index contributed by atoms with van der Waals surface area (Å²) in [5.41, 5.74) is 1.97. The van der Waals surface area contributed by atoms with Crippen LogP contribution in [0.3, 0.4) is 0 Å². The molecule has 1 rings (SSSR count). The van der Waals surface area contributed by atoms with Crippen molar-refractivity contribution in [1.82, 2.24) is 5.32 Å². The molecule has 0 aromatic heterocycles. The van der Waals surface area contributed by atoms with Crippen LogP contribution in [0.5, 0.6) is 5.75 Å². The average molecular weight is 279 g/mol. The standard InChI is InChI=1S/C15H21NO4/c1-10-5-4-6-11(2)14(10)20-9-13(17)16-8-7-12(3)15(18)19/h4-6,12H,7-9H2,1-3H3,(H,16,17)(H,18,19). The number of rotatable bonds is 7. The monoisotopic (exact) mass is 279 g/mol. The lowest BCUT2D eigenvalue weighted by molar-refractivity contribution is -0.141. The van der Waals surface area contributed by atoms with Crippen molar-refractivity contribution in [3.63, 3.8) is 0 Å². The third kappa shape index (κ3) is 4.91. The Kier molecular flexibility index (Phi) is 6.03. The van der Waals surface area contributed by atoms with Gasteiger partial charge < -0.3 is 15.2 Å². The Labute approximate surface area is 118 Å². The number of carboxylic acid groups (broad SMARTS) is 1. The molecule has 0 heterocycles. The fourth-order valence-electron chi connectivity index (χ4n) is 1.77. The van der Waals surface area contributed by atoms with Gasteiger partial charge in [-0.3, -0.25) is 9.59 Å². The van der Waals surface area contributed by atoms with Crippen molar-refractivity contribution in [2.75, 3.05) is 13.2 Å². The zero-order chi connectivity index (χ0) is 15.1. The normalized spacial score (nSPS) is 11.8. The summed E-state index contributed by atoms with van der Waals surface area (Å²) in [4.78, 5) is 22.2. The van der Waals surface area contributed by atoms with Gasteiger partial charge in [0, 0.05) is 6.54 Å². The van der Waals surface area contributed by atoms with Gasteiger partial charge in [0.1, 0.15) is 5.75 Å². The van der Waals surface area contributed by atoms with Crippen LogP contribution >= 0.6 is 0 Å². The minimum absolute atomic E-state index is 0.0624. The molecule has 2 N–H and O–H groups in total. The van der Waals surface area contributed by atoms with Gasteiger partial charge in [-0.05, 0) is 31.4 Å². The number of hydrogen-bond donors (Lipinski definition) is 2. The number of carbonyl (C=O) groups is 2. The van der Waals surface area contributed by atoms with Crippen molar-refractivity contribution in [3.05, 3.63) is 29.3 Å². The zero-order valence-corrected chi connectivity index (χ0v) is 12.1. The summed E-state index contributed by atoms with van der Waals surface area (Å²) in [6, 6.07) is 5.79. The summed E-state index contributed by atoms with van der Waals surface area (Å²) in [7, 11) is 0. The number of carboxylic acids is 1. The molecule has 1 atom stereocenters. The molecule has 5 heteroatoms. The smallest absolute Gasteiger partial charge is 0.306 e. The first-order chi connectivity index (χ1) is 9.41. The molecule has 5 nitrogen and oxygen atoms in total. The number of nitrogens with one attached hydrogen (secondary N) is 1. The topological polar surface area (TPSA) is 75.6 Å². The molecule has 0 bridgehead atoms. The summed E-state index contributed by atoms with van der Waals surface area (Å²) in [5, 5.41) is 11.4. The summed E-state index contributed by atoms with van der Waals surface area (Å²) in [6.07, 6.45) is 0.407. The Morgan fingerprint density at radius 2 is 1.90 bits per heavy atom. The highest BCUT2D eigenvalue weighted by atomic mass is 16.5. The van der Waals surface area contributed by atoms with E-state index in [-0.39, 0.29) is 12.5 Å². The van der Waals surface area contributed by atoms with Gasteiger partial charge in [-0.1, -0.05) is 25.1 Å². The van der Waals surface area contributed by atoms with Crippen molar-refractivity contribution in [2.24, 2.45) is 5.92 Å². The molecular formula is C15H21NO4. The van der Waals surface area contributed by atoms with Crippen LogP contribution in [-0.4, -0.2) is 30.1 Å². The number of carbonyl (C=O) groups excluding carboxylic acids is 1. The van der Waals surface area contributed by atoms with E-state index in [0.29, 0.717) is 13.0 Å². The second-order valence-electron chi connectivity index (χ2n) is 4.89. The van der Waals surface area contributed by atoms with Gasteiger partial charge in [0.05, 0.1) is 5.92 Å². The first-order valence-corrected chi connectivity index (χ1v) is 6.60. The van der Waals surface area contributed by atoms with Crippen LogP contribution in [-0.2, 0) is 9.59 Å². The molecule has 1 amide bonds. The highest BCUT2D eigenvalue weighted by molar-refractivity contribution is 5.77. The molecule has 0 radical (unpaired) electrons. The first-order valence-electron chi connectivity index (χ1n) is 6.60. The summed E-state index contributed by atoms with van der Waals surface area (Å²) >= 11 is 0. The lowest BCUT2D eigenvalue weighted by Gasteiger charge is -2.12. The fraction of sp³-hybridized carbons (Fsp3) is 0.467. The minimum Gasteiger partial charge on any atom is -0.483 e. The van der Waals surface area contributed by atoms with Gasteiger partial charge in [-0.15, -0.1) is 0 Å². The number of aryl methyl sites for hydroxylation is 2. The highest BCUT2D eigenvalue weighted by Gasteiger charge is 2.11. The van der Waals surface area contributed by atoms with Gasteiger partial charge in [0.25, 0.3) is 5.91 Å². The predicted octanol–water partition coefficient (Wildman–Crippen LogP) is 1.91. The molecule has 0 saturated carbocycles. The molecule has 0 saturated heterocycles. The SMILES string of the molecule is Cc1cccc(C)c1OCC(=O)NCCC(C)C(=O)O. The van der Waals surface area contributed by atoms with Gasteiger partial charge >= 0.3 is 5.97 Å². The van der Waals surface area contributed by atoms with Crippen molar-refractivity contribution >= 4 is 11.9 Å². The van der Waals surface area contributed by atoms with Gasteiger partial charge in [0.2, 0.25) is 0 Å². The van der Waals surface area contributed by atoms with E-state index in [0.717, 1.165) is 16.9 Å². The summed E-state index contributed by atoms with van der Waals surface area (Å²) in [6.45, 7) is 5.74. The maximum absolute atomic E-state index is 11.6. The van der Waals surface area contributed by atoms with Crippen LogP contribution in [0, 0.1) is 19.8 Å². The lowest BCUT2D eigenvalue weighted by atomic mass is 10.1. The van der Waals surface area contributed by atoms with Crippen LogP contribution in [0.15, 0.2) is 18.2 Å². The van der Waals surface area contributed by atoms with Gasteiger partial charge in [0.15, 0.2) is 6.61 Å². The predicted molar refractivity (Wildman–Crippen MR) is 75.8 cm³/mol. The van der Waals surface area contributed by atoms with E-state index < -0.39 is 11.9 Å². The number of para-hydroxylation sites is 1. The zero-order valence-electron chi connectivity index (χ0n) is 12.1. The molecule has 0 aliphatic rings. The largest absolute Gasteiger partial charge is 0.483 e. The number of amides is 1. The molecule has 110 valence electrons. The van der Waals surface area contributed by atoms with E-state index in [1.165, 1.54) is 0 Å². The van der Waals surface area contributed by atoms with E-state index in [2.05, 4.69) is 5.32 Å². The molecule has 0 fully saturated rings. The second-order valence-corrected chi connectivity index (χ2v) is 4.89. The summed E-state index contributed by atoms with van der Waals surface area (Å²) in [5.74, 6) is -0.840. The molecule has 20 heavy (non-hydrogen) atoms. The van der Waals surface area contributed by atoms with Crippen molar-refractivity contribution in [3.8, 4) is 5.75 Å². The van der Waals surface area contributed by atoms with E-state index >= 15 is 0 Å². The molecule has 0 spiro atoms. The number of ether oxygens (including phenoxy) is 1. The van der Waals surface area contributed by atoms with Crippen LogP contribution in [0.1, 0.15) is 24.5 Å². The Morgan fingerprint density at radius 1 is 1.30 bits per heavy atom. The quantitative estimate of drug-likeness (QED) is 0.799. The third-order valence-electron chi connectivity index (χ3n) is 3.08. The Hall–Kier alpha value is -2.04. The Bertz CT molecular complexity index is 465. The van der Waals surface area contributed by atoms with Crippen molar-refractivity contribution in [1.29, 1.82) is 0 Å². The Morgan fingerprint density at radius 3 is 2.45 bits per heavy atom. The maximum atomic E-state index is 11.6. The third-order valence-corrected chi connectivity index (χ3v) is 3.08. The molecular weight excluding hydrogens is 258 g/mol. The van der Waals surface area contributed by atoms with E-state index in [4.69, 9.17) is 9.84 Å². The van der Waals surface area contributed by atoms with Crippen molar-refractivity contribution in [2.45, 2.75) is 27.2 Å². The lowest BCUT2D eigenvalue weighted by Crippen LogP contribution is -2.31. The van der Waals surface area contributed by atoms with Gasteiger partial charge in [-0.2, -0.15) is 0 Å². The Balaban J connectivity index is 2.35. The van der Waals surface area contributed by atoms with E-state index in [9.17, 15) is 9.59 Å². The molecule has 0 aliphatic heterocycles. The highest BCUT2D eigenvalue weighted by Crippen LogP contribution is 2.21. The molecule has 1 aromatic carbocycles. The number of aliphatic carboxylic acids is 1. The fourth-order valence-corrected chi connectivity index (χ4v) is 1.77. The number of benzene rings is 1. The van der Waals surface area contributed by atoms with Crippen molar-refractivity contribution < 1.29 is 19.4 Å². The maximum Gasteiger partial charge on any atom is 0.306 e. The van der Waals surface area contributed by atoms with E-state index in [1.54, 1.807) is 6.92 Å². The van der Waals surface area contributed by atoms with E-state index in [1.807, 2.05) is 32.0 Å². The molecule has 1 unspecified atom stereocenters. The minimum atomic E-state index is -0.856. The van der Waals surface area contributed by atoms with Crippen LogP contribution in [0.4, 0.5) is 0 Å². The first kappa shape index (κ1) is 16.0.